The van der Waals surface area contributed by atoms with Crippen LogP contribution in [-0.4, -0.2) is 28.1 Å². The molecule has 11 heteroatoms. The number of amides is 2. The van der Waals surface area contributed by atoms with Crippen LogP contribution in [0.2, 0.25) is 5.02 Å². The van der Waals surface area contributed by atoms with Crippen LogP contribution in [0.5, 0.6) is 0 Å². The van der Waals surface area contributed by atoms with E-state index in [-0.39, 0.29) is 5.91 Å². The molecule has 2 N–H and O–H groups in total. The lowest BCUT2D eigenvalue weighted by molar-refractivity contribution is -0.115. The first-order valence-corrected chi connectivity index (χ1v) is 13.8. The number of ether oxygens (including phenoxy) is 1. The summed E-state index contributed by atoms with van der Waals surface area (Å²) in [4.78, 5) is 24.8. The topological polar surface area (TPSA) is 119 Å². The first kappa shape index (κ1) is 28.3. The molecule has 0 spiro atoms. The maximum atomic E-state index is 12.6. The van der Waals surface area contributed by atoms with Gasteiger partial charge in [-0.3, -0.25) is 15.4 Å². The van der Waals surface area contributed by atoms with Gasteiger partial charge >= 0.3 is 6.09 Å². The van der Waals surface area contributed by atoms with Crippen LogP contribution in [0.1, 0.15) is 47.5 Å². The smallest absolute Gasteiger partial charge is 0.412 e. The van der Waals surface area contributed by atoms with Gasteiger partial charge in [0.05, 0.1) is 5.69 Å². The van der Waals surface area contributed by atoms with Crippen molar-refractivity contribution in [3.8, 4) is 11.3 Å². The Morgan fingerprint density at radius 1 is 1.00 bits per heavy atom. The van der Waals surface area contributed by atoms with Gasteiger partial charge in [0.25, 0.3) is 0 Å². The van der Waals surface area contributed by atoms with Crippen LogP contribution < -0.4 is 10.6 Å². The molecule has 1 atom stereocenters. The molecule has 2 aromatic heterocycles. The summed E-state index contributed by atoms with van der Waals surface area (Å²) in [7, 11) is 0. The summed E-state index contributed by atoms with van der Waals surface area (Å²) in [6.45, 7) is 7.18. The van der Waals surface area contributed by atoms with Crippen LogP contribution in [0, 0.1) is 20.8 Å². The van der Waals surface area contributed by atoms with Gasteiger partial charge in [-0.15, -0.1) is 0 Å². The molecule has 4 rings (SSSR count). The average molecular weight is 569 g/mol. The van der Waals surface area contributed by atoms with E-state index >= 15 is 0 Å². The molecule has 1 unspecified atom stereocenters. The summed E-state index contributed by atoms with van der Waals surface area (Å²) in [5.41, 5.74) is 5.12. The van der Waals surface area contributed by atoms with Crippen molar-refractivity contribution in [1.82, 2.24) is 10.3 Å². The van der Waals surface area contributed by atoms with Crippen molar-refractivity contribution >= 4 is 46.9 Å². The van der Waals surface area contributed by atoms with Crippen LogP contribution in [0.3, 0.4) is 0 Å². The van der Waals surface area contributed by atoms with Gasteiger partial charge in [-0.2, -0.15) is 11.8 Å². The van der Waals surface area contributed by atoms with E-state index in [1.165, 1.54) is 0 Å². The Bertz CT molecular complexity index is 1450. The molecule has 9 nitrogen and oxygen atoms in total. The van der Waals surface area contributed by atoms with E-state index in [9.17, 15) is 9.59 Å². The largest absolute Gasteiger partial charge is 0.441 e. The Balaban J connectivity index is 1.29. The van der Waals surface area contributed by atoms with Gasteiger partial charge in [0.1, 0.15) is 17.5 Å². The third-order valence-corrected chi connectivity index (χ3v) is 7.46. The number of carbonyl (C=O) groups is 2. The number of benzene rings is 2. The van der Waals surface area contributed by atoms with Crippen LogP contribution in [0.4, 0.5) is 16.4 Å². The van der Waals surface area contributed by atoms with E-state index in [0.29, 0.717) is 45.8 Å². The SMILES string of the molecule is Cc1noc(NC(=O)CCSCc2ccc(-c3onc(C)c3NC(=O)OC(C)c3ccccc3Cl)cc2)c1C. The minimum Gasteiger partial charge on any atom is -0.441 e. The number of aromatic nitrogens is 2. The standard InChI is InChI=1S/C28H29ClN4O5S/c1-16-17(2)32-38-27(16)30-24(34)13-14-39-15-20-9-11-21(12-10-20)26-25(18(3)33-37-26)31-28(35)36-19(4)22-7-5-6-8-23(22)29/h5-12,19H,13-15H2,1-4H3,(H,30,34)(H,31,35). The molecule has 0 fully saturated rings. The number of hydrogen-bond donors (Lipinski definition) is 2. The van der Waals surface area contributed by atoms with Gasteiger partial charge in [-0.05, 0) is 39.3 Å². The third-order valence-electron chi connectivity index (χ3n) is 6.09. The van der Waals surface area contributed by atoms with Gasteiger partial charge in [-0.1, -0.05) is 64.4 Å². The fraction of sp³-hybridized carbons (Fsp3) is 0.286. The van der Waals surface area contributed by atoms with Crippen molar-refractivity contribution in [3.05, 3.63) is 81.6 Å². The summed E-state index contributed by atoms with van der Waals surface area (Å²) in [6, 6.07) is 15.0. The van der Waals surface area contributed by atoms with Crippen LogP contribution in [-0.2, 0) is 15.3 Å². The molecule has 0 aliphatic rings. The number of nitrogens with one attached hydrogen (secondary N) is 2. The fourth-order valence-corrected chi connectivity index (χ4v) is 4.89. The molecule has 204 valence electrons. The Morgan fingerprint density at radius 3 is 2.41 bits per heavy atom. The lowest BCUT2D eigenvalue weighted by Gasteiger charge is -2.15. The van der Waals surface area contributed by atoms with Crippen molar-refractivity contribution in [2.45, 2.75) is 46.0 Å². The zero-order chi connectivity index (χ0) is 27.9. The number of aryl methyl sites for hydroxylation is 2. The zero-order valence-corrected chi connectivity index (χ0v) is 23.6. The highest BCUT2D eigenvalue weighted by molar-refractivity contribution is 7.98. The Kier molecular flexibility index (Phi) is 9.32. The molecule has 4 aromatic rings. The Hall–Kier alpha value is -3.76. The first-order valence-electron chi connectivity index (χ1n) is 12.3. The highest BCUT2D eigenvalue weighted by atomic mass is 35.5. The Morgan fingerprint density at radius 2 is 1.72 bits per heavy atom. The lowest BCUT2D eigenvalue weighted by atomic mass is 10.1. The van der Waals surface area contributed by atoms with Gasteiger partial charge < -0.3 is 13.8 Å². The third kappa shape index (κ3) is 7.21. The summed E-state index contributed by atoms with van der Waals surface area (Å²) < 4.78 is 16.2. The molecule has 0 saturated heterocycles. The van der Waals surface area contributed by atoms with E-state index in [4.69, 9.17) is 25.4 Å². The highest BCUT2D eigenvalue weighted by Gasteiger charge is 2.20. The highest BCUT2D eigenvalue weighted by Crippen LogP contribution is 2.32. The summed E-state index contributed by atoms with van der Waals surface area (Å²) in [5, 5.41) is 13.9. The van der Waals surface area contributed by atoms with E-state index in [1.807, 2.05) is 56.3 Å². The second-order valence-corrected chi connectivity index (χ2v) is 10.4. The molecule has 2 aromatic carbocycles. The molecular formula is C28H29ClN4O5S. The monoisotopic (exact) mass is 568 g/mol. The average Bonchev–Trinajstić information content (AvgIpc) is 3.43. The summed E-state index contributed by atoms with van der Waals surface area (Å²) in [5.74, 6) is 2.12. The maximum absolute atomic E-state index is 12.6. The van der Waals surface area contributed by atoms with Gasteiger partial charge in [0.15, 0.2) is 5.76 Å². The van der Waals surface area contributed by atoms with Crippen molar-refractivity contribution < 1.29 is 23.4 Å². The first-order chi connectivity index (χ1) is 18.7. The maximum Gasteiger partial charge on any atom is 0.412 e. The quantitative estimate of drug-likeness (QED) is 0.189. The molecule has 39 heavy (non-hydrogen) atoms. The number of halogens is 1. The molecule has 2 amide bonds. The Labute approximate surface area is 235 Å². The molecule has 0 saturated carbocycles. The molecule has 0 bridgehead atoms. The molecule has 2 heterocycles. The van der Waals surface area contributed by atoms with Crippen molar-refractivity contribution in [2.24, 2.45) is 0 Å². The number of thioether (sulfide) groups is 1. The van der Waals surface area contributed by atoms with Crippen molar-refractivity contribution in [3.63, 3.8) is 0 Å². The van der Waals surface area contributed by atoms with E-state index < -0.39 is 12.2 Å². The summed E-state index contributed by atoms with van der Waals surface area (Å²) in [6.07, 6.45) is -0.819. The van der Waals surface area contributed by atoms with Gasteiger partial charge in [0.2, 0.25) is 11.8 Å². The van der Waals surface area contributed by atoms with Crippen LogP contribution >= 0.6 is 23.4 Å². The zero-order valence-electron chi connectivity index (χ0n) is 22.0. The molecular weight excluding hydrogens is 540 g/mol. The normalized spacial score (nSPS) is 11.7. The van der Waals surface area contributed by atoms with E-state index in [2.05, 4.69) is 20.9 Å². The van der Waals surface area contributed by atoms with Crippen LogP contribution in [0.25, 0.3) is 11.3 Å². The predicted octanol–water partition coefficient (Wildman–Crippen LogP) is 7.48. The minimum atomic E-state index is -0.638. The second-order valence-electron chi connectivity index (χ2n) is 8.94. The minimum absolute atomic E-state index is 0.113. The molecule has 0 aliphatic heterocycles. The van der Waals surface area contributed by atoms with Gasteiger partial charge in [-0.25, -0.2) is 4.79 Å². The van der Waals surface area contributed by atoms with E-state index in [0.717, 1.165) is 28.1 Å². The predicted molar refractivity (Wildman–Crippen MR) is 152 cm³/mol. The molecule has 0 aliphatic carbocycles. The van der Waals surface area contributed by atoms with Gasteiger partial charge in [0, 0.05) is 39.6 Å². The fourth-order valence-electron chi connectivity index (χ4n) is 3.70. The summed E-state index contributed by atoms with van der Waals surface area (Å²) >= 11 is 7.87. The molecule has 0 radical (unpaired) electrons. The van der Waals surface area contributed by atoms with Crippen LogP contribution in [0.15, 0.2) is 57.6 Å². The second kappa shape index (κ2) is 12.9. The number of carbonyl (C=O) groups excluding carboxylic acids is 2. The number of hydrogen-bond acceptors (Lipinski definition) is 8. The van der Waals surface area contributed by atoms with E-state index in [1.54, 1.807) is 31.7 Å². The number of rotatable bonds is 10. The number of nitrogens with zero attached hydrogens (tertiary/aromatic N) is 2. The van der Waals surface area contributed by atoms with Crippen molar-refractivity contribution in [1.29, 1.82) is 0 Å². The lowest BCUT2D eigenvalue weighted by Crippen LogP contribution is -2.17. The van der Waals surface area contributed by atoms with Crippen molar-refractivity contribution in [2.75, 3.05) is 16.4 Å². The number of anilines is 2.